The monoisotopic (exact) mass is 199 g/mol. The molecule has 0 aliphatic heterocycles. The van der Waals surface area contributed by atoms with Crippen molar-refractivity contribution in [1.82, 2.24) is 4.98 Å². The van der Waals surface area contributed by atoms with E-state index in [1.807, 2.05) is 6.92 Å². The molecule has 0 saturated heterocycles. The van der Waals surface area contributed by atoms with Crippen LogP contribution in [0.2, 0.25) is 5.15 Å². The number of ether oxygens (including phenoxy) is 1. The number of hydrogen-bond donors (Lipinski definition) is 0. The van der Waals surface area contributed by atoms with Gasteiger partial charge in [0.25, 0.3) is 0 Å². The molecule has 0 bridgehead atoms. The Bertz CT molecular complexity index is 301. The lowest BCUT2D eigenvalue weighted by Gasteiger charge is -2.03. The fraction of sp³-hybridized carbons (Fsp3) is 0.333. The molecule has 1 aromatic heterocycles. The molecule has 0 fully saturated rings. The summed E-state index contributed by atoms with van der Waals surface area (Å²) in [5, 5.41) is 0.184. The highest BCUT2D eigenvalue weighted by atomic mass is 35.5. The smallest absolute Gasteiger partial charge is 0.341 e. The molecule has 1 rings (SSSR count). The fourth-order valence-electron chi connectivity index (χ4n) is 0.811. The molecule has 0 N–H and O–H groups in total. The second-order valence-corrected chi connectivity index (χ2v) is 2.84. The van der Waals surface area contributed by atoms with Crippen molar-refractivity contribution in [3.8, 4) is 0 Å². The maximum Gasteiger partial charge on any atom is 0.341 e. The summed E-state index contributed by atoms with van der Waals surface area (Å²) in [6, 6.07) is 3.24. The first-order chi connectivity index (χ1) is 6.25. The van der Waals surface area contributed by atoms with E-state index in [-0.39, 0.29) is 5.15 Å². The predicted octanol–water partition coefficient (Wildman–Crippen LogP) is 2.30. The van der Waals surface area contributed by atoms with Gasteiger partial charge in [-0.15, -0.1) is 0 Å². The van der Waals surface area contributed by atoms with E-state index in [0.29, 0.717) is 12.2 Å². The Morgan fingerprint density at radius 1 is 1.69 bits per heavy atom. The lowest BCUT2D eigenvalue weighted by atomic mass is 10.3. The number of carbonyl (C=O) groups excluding carboxylic acids is 1. The summed E-state index contributed by atoms with van der Waals surface area (Å²) >= 11 is 5.69. The van der Waals surface area contributed by atoms with Crippen LogP contribution in [0.3, 0.4) is 0 Å². The second kappa shape index (κ2) is 4.82. The van der Waals surface area contributed by atoms with Crippen molar-refractivity contribution in [2.75, 3.05) is 6.61 Å². The van der Waals surface area contributed by atoms with Gasteiger partial charge < -0.3 is 4.74 Å². The van der Waals surface area contributed by atoms with E-state index in [0.717, 1.165) is 6.42 Å². The van der Waals surface area contributed by atoms with Gasteiger partial charge >= 0.3 is 5.97 Å². The largest absolute Gasteiger partial charge is 0.462 e. The van der Waals surface area contributed by atoms with Crippen molar-refractivity contribution in [3.05, 3.63) is 29.0 Å². The molecule has 0 aliphatic rings. The summed E-state index contributed by atoms with van der Waals surface area (Å²) in [6.07, 6.45) is 2.32. The van der Waals surface area contributed by atoms with Crippen molar-refractivity contribution in [2.45, 2.75) is 13.3 Å². The third kappa shape index (κ3) is 2.70. The van der Waals surface area contributed by atoms with Crippen molar-refractivity contribution >= 4 is 17.6 Å². The van der Waals surface area contributed by atoms with Gasteiger partial charge in [-0.1, -0.05) is 18.5 Å². The van der Waals surface area contributed by atoms with Gasteiger partial charge in [0.15, 0.2) is 0 Å². The number of esters is 1. The number of pyridine rings is 1. The number of aromatic nitrogens is 1. The number of hydrogen-bond acceptors (Lipinski definition) is 3. The van der Waals surface area contributed by atoms with E-state index in [9.17, 15) is 4.79 Å². The quantitative estimate of drug-likeness (QED) is 0.554. The average molecular weight is 200 g/mol. The van der Waals surface area contributed by atoms with Gasteiger partial charge in [-0.25, -0.2) is 9.78 Å². The Balaban J connectivity index is 2.71. The van der Waals surface area contributed by atoms with Crippen molar-refractivity contribution in [1.29, 1.82) is 0 Å². The van der Waals surface area contributed by atoms with Crippen LogP contribution in [-0.4, -0.2) is 17.6 Å². The minimum atomic E-state index is -0.417. The molecule has 0 amide bonds. The van der Waals surface area contributed by atoms with E-state index in [1.54, 1.807) is 12.1 Å². The molecule has 0 radical (unpaired) electrons. The van der Waals surface area contributed by atoms with Crippen LogP contribution in [-0.2, 0) is 4.74 Å². The first kappa shape index (κ1) is 9.99. The Labute approximate surface area is 81.7 Å². The van der Waals surface area contributed by atoms with Crippen molar-refractivity contribution < 1.29 is 9.53 Å². The summed E-state index contributed by atoms with van der Waals surface area (Å²) in [5.41, 5.74) is 0.317. The van der Waals surface area contributed by atoms with Crippen molar-refractivity contribution in [3.63, 3.8) is 0 Å². The van der Waals surface area contributed by atoms with Crippen molar-refractivity contribution in [2.24, 2.45) is 0 Å². The Morgan fingerprint density at radius 2 is 2.46 bits per heavy atom. The molecule has 1 heterocycles. The van der Waals surface area contributed by atoms with E-state index in [4.69, 9.17) is 16.3 Å². The molecular weight excluding hydrogens is 190 g/mol. The van der Waals surface area contributed by atoms with Crippen LogP contribution >= 0.6 is 11.6 Å². The highest BCUT2D eigenvalue weighted by Gasteiger charge is 2.10. The summed E-state index contributed by atoms with van der Waals surface area (Å²) in [5.74, 6) is -0.417. The molecule has 13 heavy (non-hydrogen) atoms. The molecule has 1 aromatic rings. The number of carbonyl (C=O) groups is 1. The normalized spacial score (nSPS) is 9.69. The second-order valence-electron chi connectivity index (χ2n) is 2.48. The number of nitrogens with zero attached hydrogens (tertiary/aromatic N) is 1. The molecule has 0 spiro atoms. The zero-order chi connectivity index (χ0) is 9.68. The molecule has 3 nitrogen and oxygen atoms in total. The molecule has 0 saturated carbocycles. The Morgan fingerprint density at radius 3 is 3.08 bits per heavy atom. The first-order valence-electron chi connectivity index (χ1n) is 4.03. The molecule has 0 aliphatic carbocycles. The minimum absolute atomic E-state index is 0.184. The van der Waals surface area contributed by atoms with Gasteiger partial charge in [0.1, 0.15) is 5.15 Å². The molecule has 0 aromatic carbocycles. The molecule has 0 atom stereocenters. The average Bonchev–Trinajstić information content (AvgIpc) is 2.15. The van der Waals surface area contributed by atoms with E-state index < -0.39 is 5.97 Å². The first-order valence-corrected chi connectivity index (χ1v) is 4.41. The van der Waals surface area contributed by atoms with Gasteiger partial charge in [0, 0.05) is 6.20 Å². The highest BCUT2D eigenvalue weighted by Crippen LogP contribution is 2.12. The third-order valence-corrected chi connectivity index (χ3v) is 1.72. The van der Waals surface area contributed by atoms with Crippen LogP contribution in [0.4, 0.5) is 0 Å². The highest BCUT2D eigenvalue weighted by molar-refractivity contribution is 6.32. The molecule has 4 heteroatoms. The molecular formula is C9H10ClNO2. The topological polar surface area (TPSA) is 39.2 Å². The predicted molar refractivity (Wildman–Crippen MR) is 49.8 cm³/mol. The van der Waals surface area contributed by atoms with Gasteiger partial charge in [-0.05, 0) is 18.6 Å². The van der Waals surface area contributed by atoms with Crippen LogP contribution < -0.4 is 0 Å². The van der Waals surface area contributed by atoms with Crippen LogP contribution in [0.15, 0.2) is 18.3 Å². The lowest BCUT2D eigenvalue weighted by Crippen LogP contribution is -2.06. The summed E-state index contributed by atoms with van der Waals surface area (Å²) < 4.78 is 4.89. The zero-order valence-electron chi connectivity index (χ0n) is 7.29. The molecule has 70 valence electrons. The van der Waals surface area contributed by atoms with E-state index in [2.05, 4.69) is 4.98 Å². The Kier molecular flexibility index (Phi) is 3.71. The van der Waals surface area contributed by atoms with Gasteiger partial charge in [-0.2, -0.15) is 0 Å². The summed E-state index contributed by atoms with van der Waals surface area (Å²) in [6.45, 7) is 2.34. The van der Waals surface area contributed by atoms with Crippen LogP contribution in [0.5, 0.6) is 0 Å². The lowest BCUT2D eigenvalue weighted by molar-refractivity contribution is 0.0505. The molecule has 0 unspecified atom stereocenters. The van der Waals surface area contributed by atoms with Gasteiger partial charge in [0.05, 0.1) is 12.2 Å². The summed E-state index contributed by atoms with van der Waals surface area (Å²) in [4.78, 5) is 15.1. The van der Waals surface area contributed by atoms with Crippen LogP contribution in [0.1, 0.15) is 23.7 Å². The summed E-state index contributed by atoms with van der Waals surface area (Å²) in [7, 11) is 0. The van der Waals surface area contributed by atoms with Gasteiger partial charge in [-0.3, -0.25) is 0 Å². The minimum Gasteiger partial charge on any atom is -0.462 e. The standard InChI is InChI=1S/C9H10ClNO2/c1-2-6-13-9(12)7-4-3-5-11-8(7)10/h3-5H,2,6H2,1H3. The van der Waals surface area contributed by atoms with E-state index in [1.165, 1.54) is 6.20 Å². The SMILES string of the molecule is CCCOC(=O)c1cccnc1Cl. The third-order valence-electron chi connectivity index (χ3n) is 1.42. The number of halogens is 1. The van der Waals surface area contributed by atoms with Gasteiger partial charge in [0.2, 0.25) is 0 Å². The van der Waals surface area contributed by atoms with Crippen LogP contribution in [0.25, 0.3) is 0 Å². The number of rotatable bonds is 3. The maximum atomic E-state index is 11.3. The fourth-order valence-corrected chi connectivity index (χ4v) is 1.01. The zero-order valence-corrected chi connectivity index (χ0v) is 8.04. The van der Waals surface area contributed by atoms with E-state index >= 15 is 0 Å². The Hall–Kier alpha value is -1.09. The maximum absolute atomic E-state index is 11.3. The van der Waals surface area contributed by atoms with Crippen LogP contribution in [0, 0.1) is 0 Å².